The van der Waals surface area contributed by atoms with Crippen LogP contribution in [0.5, 0.6) is 0 Å². The molecule has 41 heavy (non-hydrogen) atoms. The van der Waals surface area contributed by atoms with Crippen molar-refractivity contribution in [1.82, 2.24) is 0 Å². The Hall–Kier alpha value is -1.56. The van der Waals surface area contributed by atoms with Gasteiger partial charge in [-0.05, 0) is 70.4 Å². The summed E-state index contributed by atoms with van der Waals surface area (Å²) in [4.78, 5) is 10.7. The van der Waals surface area contributed by atoms with Crippen LogP contribution in [0.15, 0.2) is 59.3 Å². The summed E-state index contributed by atoms with van der Waals surface area (Å²) in [6.07, 6.45) is 13.0. The van der Waals surface area contributed by atoms with E-state index in [-0.39, 0.29) is 35.2 Å². The number of carbonyl (C=O) groups is 1. The average molecular weight is 609 g/mol. The lowest BCUT2D eigenvalue weighted by molar-refractivity contribution is -0.131. The highest BCUT2D eigenvalue weighted by Gasteiger charge is 2.43. The molecule has 8 heteroatoms. The molecular formula is C33H60O6Si2. The van der Waals surface area contributed by atoms with Gasteiger partial charge in [0.15, 0.2) is 16.6 Å². The van der Waals surface area contributed by atoms with Gasteiger partial charge in [0.05, 0.1) is 6.10 Å². The highest BCUT2D eigenvalue weighted by Crippen LogP contribution is 2.40. The Bertz CT molecular complexity index is 975. The largest absolute Gasteiger partial charge is 0.478 e. The quantitative estimate of drug-likeness (QED) is 0.0815. The van der Waals surface area contributed by atoms with Crippen LogP contribution in [0.25, 0.3) is 0 Å². The molecule has 0 aromatic carbocycles. The standard InChI is InChI=1S/C33H60O6Si2/c1-25(21-27(3)19-20-31(34)35)17-16-18-26(2)22-29(37-24-36-11)30(39-41(14,15)33(8,9)10)23-28(4)38-40(12,13)32(5,6)7/h16-22,28-30H,23-24H2,1-15H3,(H,34,35)/b18-16+,20-19+,25-17+,26-22+,27-21+/t28-,29-,30-/m0/s1. The number of methoxy groups -OCH3 is 1. The Morgan fingerprint density at radius 2 is 1.37 bits per heavy atom. The van der Waals surface area contributed by atoms with Crippen LogP contribution < -0.4 is 0 Å². The maximum atomic E-state index is 10.7. The number of rotatable bonds is 16. The SMILES string of the molecule is COCO[C@@H](/C=C(C)/C=C/C=C(C)/C=C(C)/C=C/C(=O)O)[C@H](C[C@H](C)O[Si](C)(C)C(C)(C)C)O[Si](C)(C)C(C)(C)C. The molecule has 0 aliphatic carbocycles. The van der Waals surface area contributed by atoms with Gasteiger partial charge in [0, 0.05) is 19.3 Å². The first-order valence-corrected chi connectivity index (χ1v) is 20.4. The van der Waals surface area contributed by atoms with Crippen LogP contribution in [-0.4, -0.2) is 59.9 Å². The number of carboxylic acid groups (broad SMARTS) is 1. The first-order chi connectivity index (χ1) is 18.5. The summed E-state index contributed by atoms with van der Waals surface area (Å²) in [5.41, 5.74) is 2.93. The lowest BCUT2D eigenvalue weighted by atomic mass is 10.0. The third kappa shape index (κ3) is 15.5. The van der Waals surface area contributed by atoms with E-state index in [9.17, 15) is 4.79 Å². The van der Waals surface area contributed by atoms with Crippen molar-refractivity contribution in [3.8, 4) is 0 Å². The summed E-state index contributed by atoms with van der Waals surface area (Å²) in [7, 11) is -2.44. The molecule has 0 aliphatic heterocycles. The molecule has 0 aliphatic rings. The molecule has 0 heterocycles. The fraction of sp³-hybridized carbons (Fsp3) is 0.667. The molecule has 0 radical (unpaired) electrons. The number of aliphatic carboxylic acids is 1. The van der Waals surface area contributed by atoms with E-state index in [1.807, 2.05) is 38.2 Å². The van der Waals surface area contributed by atoms with Crippen molar-refractivity contribution in [1.29, 1.82) is 0 Å². The second kappa shape index (κ2) is 16.9. The van der Waals surface area contributed by atoms with Crippen LogP contribution in [0.4, 0.5) is 0 Å². The summed E-state index contributed by atoms with van der Waals surface area (Å²) in [5, 5.41) is 8.99. The Balaban J connectivity index is 6.23. The summed E-state index contributed by atoms with van der Waals surface area (Å²) >= 11 is 0. The van der Waals surface area contributed by atoms with E-state index in [0.717, 1.165) is 22.8 Å². The van der Waals surface area contributed by atoms with Crippen molar-refractivity contribution >= 4 is 22.6 Å². The van der Waals surface area contributed by atoms with Crippen LogP contribution in [0, 0.1) is 0 Å². The normalized spacial score (nSPS) is 17.4. The number of ether oxygens (including phenoxy) is 2. The van der Waals surface area contributed by atoms with Gasteiger partial charge in [-0.1, -0.05) is 94.7 Å². The van der Waals surface area contributed by atoms with Gasteiger partial charge in [0.1, 0.15) is 12.9 Å². The highest BCUT2D eigenvalue weighted by atomic mass is 28.4. The first-order valence-electron chi connectivity index (χ1n) is 14.6. The molecule has 0 saturated heterocycles. The van der Waals surface area contributed by atoms with Crippen molar-refractivity contribution in [2.75, 3.05) is 13.9 Å². The summed E-state index contributed by atoms with van der Waals surface area (Å²) in [6.45, 7) is 30.9. The first kappa shape index (κ1) is 39.4. The van der Waals surface area contributed by atoms with Crippen LogP contribution in [0.1, 0.15) is 75.7 Å². The Morgan fingerprint density at radius 3 is 1.85 bits per heavy atom. The Morgan fingerprint density at radius 1 is 0.829 bits per heavy atom. The van der Waals surface area contributed by atoms with E-state index in [4.69, 9.17) is 23.4 Å². The zero-order valence-corrected chi connectivity index (χ0v) is 30.7. The maximum Gasteiger partial charge on any atom is 0.328 e. The molecule has 0 fully saturated rings. The van der Waals surface area contributed by atoms with Gasteiger partial charge in [0.2, 0.25) is 0 Å². The monoisotopic (exact) mass is 608 g/mol. The average Bonchev–Trinajstić information content (AvgIpc) is 2.77. The summed E-state index contributed by atoms with van der Waals surface area (Å²) in [5.74, 6) is -0.956. The Kier molecular flexibility index (Phi) is 16.3. The molecule has 0 bridgehead atoms. The van der Waals surface area contributed by atoms with E-state index >= 15 is 0 Å². The van der Waals surface area contributed by atoms with E-state index in [1.54, 1.807) is 13.2 Å². The van der Waals surface area contributed by atoms with Gasteiger partial charge in [-0.15, -0.1) is 0 Å². The zero-order chi connectivity index (χ0) is 32.2. The van der Waals surface area contributed by atoms with E-state index < -0.39 is 22.6 Å². The van der Waals surface area contributed by atoms with Gasteiger partial charge in [-0.2, -0.15) is 0 Å². The molecule has 1 N–H and O–H groups in total. The predicted octanol–water partition coefficient (Wildman–Crippen LogP) is 9.20. The van der Waals surface area contributed by atoms with E-state index in [2.05, 4.69) is 87.7 Å². The smallest absolute Gasteiger partial charge is 0.328 e. The van der Waals surface area contributed by atoms with E-state index in [0.29, 0.717) is 6.42 Å². The minimum atomic E-state index is -2.12. The van der Waals surface area contributed by atoms with Crippen molar-refractivity contribution in [3.63, 3.8) is 0 Å². The van der Waals surface area contributed by atoms with Crippen molar-refractivity contribution in [3.05, 3.63) is 59.3 Å². The minimum absolute atomic E-state index is 0.0133. The number of hydrogen-bond donors (Lipinski definition) is 1. The second-order valence-electron chi connectivity index (χ2n) is 14.1. The number of carboxylic acids is 1. The van der Waals surface area contributed by atoms with Gasteiger partial charge in [-0.25, -0.2) is 4.79 Å². The maximum absolute atomic E-state index is 10.7. The minimum Gasteiger partial charge on any atom is -0.478 e. The summed E-state index contributed by atoms with van der Waals surface area (Å²) in [6, 6.07) is 0. The molecule has 236 valence electrons. The van der Waals surface area contributed by atoms with Crippen LogP contribution >= 0.6 is 0 Å². The number of hydrogen-bond acceptors (Lipinski definition) is 5. The van der Waals surface area contributed by atoms with Crippen LogP contribution in [0.3, 0.4) is 0 Å². The molecule has 0 amide bonds. The molecule has 0 aromatic heterocycles. The topological polar surface area (TPSA) is 74.2 Å². The fourth-order valence-electron chi connectivity index (χ4n) is 3.59. The molecule has 6 nitrogen and oxygen atoms in total. The summed E-state index contributed by atoms with van der Waals surface area (Å²) < 4.78 is 25.3. The third-order valence-corrected chi connectivity index (χ3v) is 17.1. The van der Waals surface area contributed by atoms with Crippen LogP contribution in [-0.2, 0) is 23.1 Å². The lowest BCUT2D eigenvalue weighted by Gasteiger charge is -2.43. The zero-order valence-electron chi connectivity index (χ0n) is 28.7. The van der Waals surface area contributed by atoms with Crippen molar-refractivity contribution in [2.24, 2.45) is 0 Å². The molecule has 0 rings (SSSR count). The predicted molar refractivity (Wildman–Crippen MR) is 178 cm³/mol. The molecule has 0 aromatic rings. The van der Waals surface area contributed by atoms with Gasteiger partial charge in [0.25, 0.3) is 0 Å². The molecule has 0 saturated carbocycles. The van der Waals surface area contributed by atoms with Crippen molar-refractivity contribution in [2.45, 2.75) is 130 Å². The molecule has 3 atom stereocenters. The van der Waals surface area contributed by atoms with E-state index in [1.165, 1.54) is 0 Å². The van der Waals surface area contributed by atoms with Crippen molar-refractivity contribution < 1.29 is 28.2 Å². The lowest BCUT2D eigenvalue weighted by Crippen LogP contribution is -2.49. The Labute approximate surface area is 253 Å². The fourth-order valence-corrected chi connectivity index (χ4v) is 6.39. The molecule has 0 unspecified atom stereocenters. The molecular weight excluding hydrogens is 549 g/mol. The van der Waals surface area contributed by atoms with Gasteiger partial charge < -0.3 is 23.4 Å². The number of allylic oxidation sites excluding steroid dienone is 8. The second-order valence-corrected chi connectivity index (χ2v) is 23.6. The molecule has 0 spiro atoms. The van der Waals surface area contributed by atoms with Gasteiger partial charge in [-0.3, -0.25) is 0 Å². The van der Waals surface area contributed by atoms with Gasteiger partial charge >= 0.3 is 5.97 Å². The van der Waals surface area contributed by atoms with Crippen LogP contribution in [0.2, 0.25) is 36.3 Å². The highest BCUT2D eigenvalue weighted by molar-refractivity contribution is 6.74. The third-order valence-electron chi connectivity index (χ3n) is 7.95.